The Morgan fingerprint density at radius 2 is 2.08 bits per heavy atom. The Morgan fingerprint density at radius 3 is 2.65 bits per heavy atom. The van der Waals surface area contributed by atoms with Gasteiger partial charge in [0.15, 0.2) is 0 Å². The molecule has 0 aliphatic carbocycles. The molecule has 26 heavy (non-hydrogen) atoms. The smallest absolute Gasteiger partial charge is 0.246 e. The second kappa shape index (κ2) is 7.74. The summed E-state index contributed by atoms with van der Waals surface area (Å²) >= 11 is 1.59. The Morgan fingerprint density at radius 1 is 1.31 bits per heavy atom. The second-order valence-electron chi connectivity index (χ2n) is 6.33. The summed E-state index contributed by atoms with van der Waals surface area (Å²) in [5.41, 5.74) is -0.753. The van der Waals surface area contributed by atoms with Gasteiger partial charge in [-0.15, -0.1) is 11.3 Å². The van der Waals surface area contributed by atoms with Gasteiger partial charge in [0.25, 0.3) is 0 Å². The number of aryl methyl sites for hydroxylation is 1. The summed E-state index contributed by atoms with van der Waals surface area (Å²) in [5, 5.41) is 12.3. The van der Waals surface area contributed by atoms with E-state index in [1.165, 1.54) is 0 Å². The zero-order chi connectivity index (χ0) is 18.6. The van der Waals surface area contributed by atoms with Gasteiger partial charge in [-0.2, -0.15) is 5.10 Å². The molecule has 0 bridgehead atoms. The van der Waals surface area contributed by atoms with Crippen molar-refractivity contribution in [3.63, 3.8) is 0 Å². The maximum Gasteiger partial charge on any atom is 0.246 e. The number of aromatic nitrogens is 2. The first kappa shape index (κ1) is 18.2. The molecule has 0 atom stereocenters. The zero-order valence-corrected chi connectivity index (χ0v) is 15.8. The fourth-order valence-electron chi connectivity index (χ4n) is 3.13. The first-order valence-corrected chi connectivity index (χ1v) is 9.41. The number of likely N-dealkylation sites (tertiary alicyclic amines) is 1. The van der Waals surface area contributed by atoms with Crippen molar-refractivity contribution >= 4 is 35.0 Å². The molecule has 2 aromatic heterocycles. The molecule has 1 aliphatic rings. The predicted molar refractivity (Wildman–Crippen MR) is 103 cm³/mol. The number of amides is 2. The molecule has 8 heteroatoms. The monoisotopic (exact) mass is 373 g/mol. The standard InChI is InChI=1S/C18H23N5O2S/c1-19-17(25)18(20-15-7-10-22(2)21-15)8-11-23(12-9-18)16(24)6-5-14-4-3-13-26-14/h3-7,10,13H,8-9,11-12H2,1-2H3,(H,19,25)(H,20,21)/b6-5+. The molecule has 0 aromatic carbocycles. The molecule has 138 valence electrons. The molecule has 0 unspecified atom stereocenters. The molecule has 7 nitrogen and oxygen atoms in total. The van der Waals surface area contributed by atoms with Crippen LogP contribution in [0.1, 0.15) is 17.7 Å². The first-order valence-electron chi connectivity index (χ1n) is 8.53. The van der Waals surface area contributed by atoms with Gasteiger partial charge >= 0.3 is 0 Å². The Bertz CT molecular complexity index is 788. The summed E-state index contributed by atoms with van der Waals surface area (Å²) in [6.45, 7) is 1.03. The molecule has 3 heterocycles. The maximum atomic E-state index is 12.5. The Kier molecular flexibility index (Phi) is 5.41. The number of carbonyl (C=O) groups is 2. The lowest BCUT2D eigenvalue weighted by Crippen LogP contribution is -2.58. The number of carbonyl (C=O) groups excluding carboxylic acids is 2. The van der Waals surface area contributed by atoms with Gasteiger partial charge < -0.3 is 15.5 Å². The summed E-state index contributed by atoms with van der Waals surface area (Å²) in [6, 6.07) is 5.76. The number of likely N-dealkylation sites (N-methyl/N-ethyl adjacent to an activating group) is 1. The van der Waals surface area contributed by atoms with Gasteiger partial charge in [-0.3, -0.25) is 14.3 Å². The number of piperidine rings is 1. The molecule has 3 rings (SSSR count). The van der Waals surface area contributed by atoms with Gasteiger partial charge in [0.1, 0.15) is 11.4 Å². The van der Waals surface area contributed by atoms with Crippen LogP contribution in [0, 0.1) is 0 Å². The highest BCUT2D eigenvalue weighted by Crippen LogP contribution is 2.27. The lowest BCUT2D eigenvalue weighted by atomic mass is 9.86. The average molecular weight is 373 g/mol. The number of hydrogen-bond donors (Lipinski definition) is 2. The molecule has 1 fully saturated rings. The van der Waals surface area contributed by atoms with Gasteiger partial charge in [0, 0.05) is 50.4 Å². The van der Waals surface area contributed by atoms with Gasteiger partial charge in [0.2, 0.25) is 11.8 Å². The van der Waals surface area contributed by atoms with E-state index in [2.05, 4.69) is 15.7 Å². The minimum absolute atomic E-state index is 0.0262. The van der Waals surface area contributed by atoms with Crippen LogP contribution in [0.2, 0.25) is 0 Å². The lowest BCUT2D eigenvalue weighted by Gasteiger charge is -2.40. The van der Waals surface area contributed by atoms with Crippen LogP contribution in [0.5, 0.6) is 0 Å². The van der Waals surface area contributed by atoms with E-state index in [4.69, 9.17) is 0 Å². The van der Waals surface area contributed by atoms with Crippen molar-refractivity contribution in [2.45, 2.75) is 18.4 Å². The van der Waals surface area contributed by atoms with Crippen molar-refractivity contribution in [1.82, 2.24) is 20.0 Å². The Labute approximate surface area is 156 Å². The van der Waals surface area contributed by atoms with Crippen LogP contribution >= 0.6 is 11.3 Å². The van der Waals surface area contributed by atoms with E-state index < -0.39 is 5.54 Å². The van der Waals surface area contributed by atoms with Crippen molar-refractivity contribution in [3.8, 4) is 0 Å². The number of hydrogen-bond acceptors (Lipinski definition) is 5. The summed E-state index contributed by atoms with van der Waals surface area (Å²) in [7, 11) is 3.46. The normalized spacial score (nSPS) is 16.6. The van der Waals surface area contributed by atoms with Crippen molar-refractivity contribution in [1.29, 1.82) is 0 Å². The molecule has 0 saturated carbocycles. The lowest BCUT2D eigenvalue weighted by molar-refractivity contribution is -0.132. The zero-order valence-electron chi connectivity index (χ0n) is 14.9. The first-order chi connectivity index (χ1) is 12.5. The van der Waals surface area contributed by atoms with E-state index in [1.54, 1.807) is 34.0 Å². The number of thiophene rings is 1. The molecule has 2 amide bonds. The average Bonchev–Trinajstić information content (AvgIpc) is 3.31. The minimum Gasteiger partial charge on any atom is -0.357 e. The summed E-state index contributed by atoms with van der Waals surface area (Å²) in [6.07, 6.45) is 6.32. The Balaban J connectivity index is 1.66. The summed E-state index contributed by atoms with van der Waals surface area (Å²) < 4.78 is 1.69. The van der Waals surface area contributed by atoms with Gasteiger partial charge in [0.05, 0.1) is 0 Å². The van der Waals surface area contributed by atoms with Crippen LogP contribution in [0.3, 0.4) is 0 Å². The number of nitrogens with one attached hydrogen (secondary N) is 2. The van der Waals surface area contributed by atoms with Crippen molar-refractivity contribution < 1.29 is 9.59 Å². The van der Waals surface area contributed by atoms with E-state index in [0.717, 1.165) is 4.88 Å². The van der Waals surface area contributed by atoms with Crippen LogP contribution in [-0.4, -0.2) is 52.2 Å². The summed E-state index contributed by atoms with van der Waals surface area (Å²) in [4.78, 5) is 27.8. The summed E-state index contributed by atoms with van der Waals surface area (Å²) in [5.74, 6) is 0.555. The Hall–Kier alpha value is -2.61. The topological polar surface area (TPSA) is 79.3 Å². The van der Waals surface area contributed by atoms with Crippen molar-refractivity contribution in [2.24, 2.45) is 7.05 Å². The minimum atomic E-state index is -0.753. The van der Waals surface area contributed by atoms with Gasteiger partial charge in [-0.25, -0.2) is 0 Å². The molecule has 2 N–H and O–H groups in total. The number of nitrogens with zero attached hydrogens (tertiary/aromatic N) is 3. The van der Waals surface area contributed by atoms with E-state index >= 15 is 0 Å². The van der Waals surface area contributed by atoms with Crippen molar-refractivity contribution in [2.75, 3.05) is 25.5 Å². The molecule has 2 aromatic rings. The van der Waals surface area contributed by atoms with E-state index in [-0.39, 0.29) is 11.8 Å². The van der Waals surface area contributed by atoms with Crippen LogP contribution in [0.25, 0.3) is 6.08 Å². The quantitative estimate of drug-likeness (QED) is 0.782. The molecule has 0 spiro atoms. The maximum absolute atomic E-state index is 12.5. The molecular weight excluding hydrogens is 350 g/mol. The van der Waals surface area contributed by atoms with Crippen LogP contribution in [-0.2, 0) is 16.6 Å². The predicted octanol–water partition coefficient (Wildman–Crippen LogP) is 1.71. The van der Waals surface area contributed by atoms with Gasteiger partial charge in [-0.1, -0.05) is 6.07 Å². The highest BCUT2D eigenvalue weighted by molar-refractivity contribution is 7.10. The van der Waals surface area contributed by atoms with Crippen molar-refractivity contribution in [3.05, 3.63) is 40.7 Å². The molecule has 1 aliphatic heterocycles. The number of anilines is 1. The highest BCUT2D eigenvalue weighted by Gasteiger charge is 2.42. The van der Waals surface area contributed by atoms with E-state index in [0.29, 0.717) is 31.7 Å². The molecule has 0 radical (unpaired) electrons. The molecule has 1 saturated heterocycles. The largest absolute Gasteiger partial charge is 0.357 e. The fraction of sp³-hybridized carbons (Fsp3) is 0.389. The van der Waals surface area contributed by atoms with Crippen LogP contribution in [0.4, 0.5) is 5.82 Å². The molecular formula is C18H23N5O2S. The fourth-order valence-corrected chi connectivity index (χ4v) is 3.75. The van der Waals surface area contributed by atoms with E-state index in [9.17, 15) is 9.59 Å². The van der Waals surface area contributed by atoms with Crippen LogP contribution < -0.4 is 10.6 Å². The third-order valence-corrected chi connectivity index (χ3v) is 5.44. The SMILES string of the molecule is CNC(=O)C1(Nc2ccn(C)n2)CCN(C(=O)/C=C/c2cccs2)CC1. The van der Waals surface area contributed by atoms with Crippen LogP contribution in [0.15, 0.2) is 35.9 Å². The number of rotatable bonds is 5. The highest BCUT2D eigenvalue weighted by atomic mass is 32.1. The van der Waals surface area contributed by atoms with Gasteiger partial charge in [-0.05, 0) is 30.4 Å². The third kappa shape index (κ3) is 3.96. The van der Waals surface area contributed by atoms with E-state index in [1.807, 2.05) is 42.9 Å². The third-order valence-electron chi connectivity index (χ3n) is 4.60. The second-order valence-corrected chi connectivity index (χ2v) is 7.31.